The molecule has 2 nitrogen and oxygen atoms in total. The fourth-order valence-electron chi connectivity index (χ4n) is 8.06. The molecule has 0 bridgehead atoms. The van der Waals surface area contributed by atoms with Crippen LogP contribution in [0.2, 0.25) is 0 Å². The maximum absolute atomic E-state index is 6.47. The number of nitrogens with one attached hydrogen (secondary N) is 1. The molecule has 0 aromatic heterocycles. The fraction of sp³-hybridized carbons (Fsp3) is 1.00. The Morgan fingerprint density at radius 3 is 0.822 bits per heavy atom. The monoisotopic (exact) mass is 631 g/mol. The Hall–Kier alpha value is -0.0800. The van der Waals surface area contributed by atoms with E-state index in [2.05, 4.69) is 5.32 Å². The van der Waals surface area contributed by atoms with Gasteiger partial charge in [0.25, 0.3) is 0 Å². The van der Waals surface area contributed by atoms with Gasteiger partial charge in [-0.15, -0.1) is 0 Å². The molecule has 0 aromatic carbocycles. The third kappa shape index (κ3) is 27.6. The number of rotatable bonds is 0. The van der Waals surface area contributed by atoms with Gasteiger partial charge >= 0.3 is 0 Å². The lowest BCUT2D eigenvalue weighted by molar-refractivity contribution is 0.390. The quantitative estimate of drug-likeness (QED) is 0.279. The maximum Gasteiger partial charge on any atom is 0.0165 e. The molecule has 1 aliphatic carbocycles. The van der Waals surface area contributed by atoms with Gasteiger partial charge in [0.15, 0.2) is 0 Å². The third-order valence-corrected chi connectivity index (χ3v) is 11.6. The Morgan fingerprint density at radius 2 is 0.556 bits per heavy atom. The summed E-state index contributed by atoms with van der Waals surface area (Å²) in [6, 6.07) is 0.356. The van der Waals surface area contributed by atoms with Gasteiger partial charge in [0, 0.05) is 19.1 Å². The van der Waals surface area contributed by atoms with Crippen LogP contribution in [0.15, 0.2) is 0 Å². The molecule has 0 amide bonds. The lowest BCUT2D eigenvalue weighted by Crippen LogP contribution is -2.36. The molecule has 1 atom stereocenters. The zero-order valence-corrected chi connectivity index (χ0v) is 31.1. The minimum atomic E-state index is 0.356. The molecule has 2 heteroatoms. The molecular weight excluding hydrogens is 544 g/mol. The summed E-state index contributed by atoms with van der Waals surface area (Å²) in [6.45, 7) is 2.25. The second kappa shape index (κ2) is 31.2. The molecule has 1 spiro atoms. The molecule has 3 N–H and O–H groups in total. The van der Waals surface area contributed by atoms with Crippen LogP contribution < -0.4 is 11.1 Å². The van der Waals surface area contributed by atoms with Crippen molar-refractivity contribution in [3.8, 4) is 0 Å². The van der Waals surface area contributed by atoms with Crippen molar-refractivity contribution >= 4 is 0 Å². The average Bonchev–Trinajstić information content (AvgIpc) is 3.81. The van der Waals surface area contributed by atoms with E-state index in [1.54, 1.807) is 0 Å². The summed E-state index contributed by atoms with van der Waals surface area (Å²) in [6.07, 6.45) is 57.1. The van der Waals surface area contributed by atoms with E-state index in [0.717, 1.165) is 6.54 Å². The minimum absolute atomic E-state index is 0.356. The lowest BCUT2D eigenvalue weighted by Gasteiger charge is -2.18. The summed E-state index contributed by atoms with van der Waals surface area (Å²) in [7, 11) is 0. The summed E-state index contributed by atoms with van der Waals surface area (Å²) in [5.41, 5.74) is 7.11. The van der Waals surface area contributed by atoms with Gasteiger partial charge in [0.05, 0.1) is 0 Å². The smallest absolute Gasteiger partial charge is 0.0165 e. The van der Waals surface area contributed by atoms with Crippen LogP contribution >= 0.6 is 0 Å². The highest BCUT2D eigenvalue weighted by molar-refractivity contribution is 4.94. The van der Waals surface area contributed by atoms with Gasteiger partial charge in [-0.25, -0.2) is 0 Å². The Balaban J connectivity index is 1.49. The molecule has 45 heavy (non-hydrogen) atoms. The van der Waals surface area contributed by atoms with Crippen molar-refractivity contribution in [3.63, 3.8) is 0 Å². The number of nitrogens with two attached hydrogens (primary N) is 1. The van der Waals surface area contributed by atoms with Gasteiger partial charge in [-0.2, -0.15) is 0 Å². The second-order valence-electron chi connectivity index (χ2n) is 16.3. The first-order valence-corrected chi connectivity index (χ1v) is 21.8. The highest BCUT2D eigenvalue weighted by atomic mass is 14.9. The zero-order chi connectivity index (χ0) is 31.8. The van der Waals surface area contributed by atoms with Crippen LogP contribution in [0.25, 0.3) is 0 Å². The maximum atomic E-state index is 6.47. The minimum Gasteiger partial charge on any atom is -0.327 e. The molecular formula is C43H86N2. The predicted molar refractivity (Wildman–Crippen MR) is 203 cm³/mol. The van der Waals surface area contributed by atoms with Crippen molar-refractivity contribution in [1.29, 1.82) is 0 Å². The van der Waals surface area contributed by atoms with Gasteiger partial charge in [-0.3, -0.25) is 0 Å². The molecule has 268 valence electrons. The van der Waals surface area contributed by atoms with Crippen LogP contribution in [-0.2, 0) is 0 Å². The first kappa shape index (κ1) is 41.1. The van der Waals surface area contributed by atoms with Gasteiger partial charge in [-0.05, 0) is 31.1 Å². The van der Waals surface area contributed by atoms with Gasteiger partial charge in [-0.1, -0.05) is 225 Å². The van der Waals surface area contributed by atoms with E-state index >= 15 is 0 Å². The van der Waals surface area contributed by atoms with Crippen LogP contribution in [-0.4, -0.2) is 19.1 Å². The molecule has 0 radical (unpaired) electrons. The number of hydrogen-bond acceptors (Lipinski definition) is 2. The van der Waals surface area contributed by atoms with Crippen molar-refractivity contribution in [3.05, 3.63) is 0 Å². The predicted octanol–water partition coefficient (Wildman–Crippen LogP) is 14.1. The van der Waals surface area contributed by atoms with Crippen LogP contribution in [0.5, 0.6) is 0 Å². The van der Waals surface area contributed by atoms with Gasteiger partial charge in [0.1, 0.15) is 0 Å². The Bertz CT molecular complexity index is 584. The molecule has 2 rings (SSSR count). The summed E-state index contributed by atoms with van der Waals surface area (Å²) < 4.78 is 0. The van der Waals surface area contributed by atoms with E-state index in [4.69, 9.17) is 5.73 Å². The fourth-order valence-corrected chi connectivity index (χ4v) is 8.06. The van der Waals surface area contributed by atoms with Crippen molar-refractivity contribution in [1.82, 2.24) is 5.32 Å². The van der Waals surface area contributed by atoms with Gasteiger partial charge < -0.3 is 11.1 Å². The summed E-state index contributed by atoms with van der Waals surface area (Å²) in [5, 5.41) is 3.78. The summed E-state index contributed by atoms with van der Waals surface area (Å²) in [4.78, 5) is 0. The van der Waals surface area contributed by atoms with E-state index < -0.39 is 0 Å². The Morgan fingerprint density at radius 1 is 0.311 bits per heavy atom. The van der Waals surface area contributed by atoms with Gasteiger partial charge in [0.2, 0.25) is 0 Å². The molecule has 0 unspecified atom stereocenters. The van der Waals surface area contributed by atoms with Crippen LogP contribution in [0.1, 0.15) is 250 Å². The zero-order valence-electron chi connectivity index (χ0n) is 31.1. The van der Waals surface area contributed by atoms with Crippen molar-refractivity contribution in [2.24, 2.45) is 11.1 Å². The van der Waals surface area contributed by atoms with Crippen molar-refractivity contribution in [2.45, 2.75) is 256 Å². The van der Waals surface area contributed by atoms with E-state index in [1.165, 1.54) is 257 Å². The van der Waals surface area contributed by atoms with Crippen molar-refractivity contribution < 1.29 is 0 Å². The lowest BCUT2D eigenvalue weighted by atomic mass is 9.97. The summed E-state index contributed by atoms with van der Waals surface area (Å²) in [5.74, 6) is 0. The third-order valence-electron chi connectivity index (χ3n) is 11.6. The van der Waals surface area contributed by atoms with Crippen molar-refractivity contribution in [2.75, 3.05) is 13.1 Å². The SMILES string of the molecule is N[C@H]1CCCCCCCCCCCCCCCCCCCCCCCCCCCCCCCCCCCCCC2(CC2)CNC1. The summed E-state index contributed by atoms with van der Waals surface area (Å²) >= 11 is 0. The van der Waals surface area contributed by atoms with Crippen LogP contribution in [0, 0.1) is 5.41 Å². The van der Waals surface area contributed by atoms with E-state index in [-0.39, 0.29) is 0 Å². The van der Waals surface area contributed by atoms with Crippen LogP contribution in [0.3, 0.4) is 0 Å². The topological polar surface area (TPSA) is 38.0 Å². The first-order valence-electron chi connectivity index (χ1n) is 21.8. The Kier molecular flexibility index (Phi) is 28.5. The molecule has 2 aliphatic rings. The van der Waals surface area contributed by atoms with E-state index in [1.807, 2.05) is 0 Å². The molecule has 1 heterocycles. The highest BCUT2D eigenvalue weighted by Crippen LogP contribution is 2.49. The van der Waals surface area contributed by atoms with Crippen LogP contribution in [0.4, 0.5) is 0 Å². The second-order valence-corrected chi connectivity index (χ2v) is 16.3. The van der Waals surface area contributed by atoms with E-state index in [9.17, 15) is 0 Å². The van der Waals surface area contributed by atoms with E-state index in [0.29, 0.717) is 11.5 Å². The molecule has 2 fully saturated rings. The standard InChI is InChI=1S/C43H86N2/c44-42-36-34-32-30-28-26-24-22-20-18-16-14-12-10-8-6-4-2-1-3-5-7-9-11-13-15-17-19-21-23-25-27-29-31-33-35-37-43(38-39-43)41-45-40-42/h42,45H,1-41,44H2/t42-/m0/s1. The largest absolute Gasteiger partial charge is 0.327 e. The molecule has 0 aromatic rings. The molecule has 1 saturated carbocycles. The average molecular weight is 631 g/mol. The first-order chi connectivity index (χ1) is 22.3. The Labute approximate surface area is 285 Å². The molecule has 1 saturated heterocycles. The molecule has 1 aliphatic heterocycles. The number of hydrogen-bond donors (Lipinski definition) is 2. The normalized spacial score (nSPS) is 27.0. The highest BCUT2D eigenvalue weighted by Gasteiger charge is 2.41.